The Kier molecular flexibility index (Phi) is 1.67. The summed E-state index contributed by atoms with van der Waals surface area (Å²) in [6.45, 7) is 0. The van der Waals surface area contributed by atoms with E-state index in [1.54, 1.807) is 6.20 Å². The normalized spacial score (nSPS) is 9.29. The van der Waals surface area contributed by atoms with E-state index in [2.05, 4.69) is 15.3 Å². The molecule has 0 aliphatic heterocycles. The summed E-state index contributed by atoms with van der Waals surface area (Å²) in [6, 6.07) is 0. The van der Waals surface area contributed by atoms with Crippen LogP contribution in [0.1, 0.15) is 0 Å². The number of aromatic nitrogens is 3. The average molecular weight is 202 g/mol. The van der Waals surface area contributed by atoms with Crippen LogP contribution in [-0.2, 0) is 0 Å². The van der Waals surface area contributed by atoms with Gasteiger partial charge in [-0.2, -0.15) is 0 Å². The molecule has 0 aliphatic carbocycles. The van der Waals surface area contributed by atoms with E-state index in [4.69, 9.17) is 0 Å². The van der Waals surface area contributed by atoms with E-state index in [1.807, 2.05) is 9.10 Å². The fourth-order valence-corrected chi connectivity index (χ4v) is 1.35. The Labute approximate surface area is 52.3 Å². The second kappa shape index (κ2) is 2.30. The van der Waals surface area contributed by atoms with Gasteiger partial charge >= 0.3 is 52.0 Å². The van der Waals surface area contributed by atoms with Crippen molar-refractivity contribution in [3.8, 4) is 0 Å². The summed E-state index contributed by atoms with van der Waals surface area (Å²) < 4.78 is 1.93. The van der Waals surface area contributed by atoms with Crippen LogP contribution in [0.2, 0.25) is 4.94 Å². The van der Waals surface area contributed by atoms with Crippen LogP contribution in [0.5, 0.6) is 0 Å². The van der Waals surface area contributed by atoms with Crippen LogP contribution in [0.3, 0.4) is 0 Å². The molecule has 0 aliphatic rings. The van der Waals surface area contributed by atoms with E-state index in [0.717, 1.165) is 0 Å². The molecule has 0 unspecified atom stereocenters. The summed E-state index contributed by atoms with van der Waals surface area (Å²) in [7, 11) is 0. The first-order valence-corrected chi connectivity index (χ1v) is 6.10. The third kappa shape index (κ3) is 1.15. The molecule has 0 bridgehead atoms. The van der Waals surface area contributed by atoms with Crippen molar-refractivity contribution in [1.82, 2.24) is 13.2 Å². The SMILES string of the molecule is [CH3][Sn][n]1ccnn1. The number of hydrogen-bond donors (Lipinski definition) is 0. The Morgan fingerprint density at radius 1 is 1.71 bits per heavy atom. The topological polar surface area (TPSA) is 30.7 Å². The van der Waals surface area contributed by atoms with Crippen LogP contribution in [-0.4, -0.2) is 34.6 Å². The molecule has 1 aromatic heterocycles. The first-order chi connectivity index (χ1) is 3.43. The van der Waals surface area contributed by atoms with E-state index in [1.165, 1.54) is 0 Å². The van der Waals surface area contributed by atoms with Gasteiger partial charge in [0, 0.05) is 0 Å². The molecule has 0 saturated heterocycles. The second-order valence-electron chi connectivity index (χ2n) is 1.07. The summed E-state index contributed by atoms with van der Waals surface area (Å²) in [5.41, 5.74) is 0. The molecule has 0 spiro atoms. The third-order valence-electron chi connectivity index (χ3n) is 0.652. The molecule has 1 rings (SSSR count). The van der Waals surface area contributed by atoms with Crippen molar-refractivity contribution in [2.75, 3.05) is 0 Å². The van der Waals surface area contributed by atoms with Gasteiger partial charge in [0.1, 0.15) is 0 Å². The fraction of sp³-hybridized carbons (Fsp3) is 0.333. The van der Waals surface area contributed by atoms with Gasteiger partial charge in [-0.25, -0.2) is 0 Å². The second-order valence-corrected chi connectivity index (χ2v) is 3.66. The monoisotopic (exact) mass is 203 g/mol. The van der Waals surface area contributed by atoms with Gasteiger partial charge < -0.3 is 0 Å². The Morgan fingerprint density at radius 2 is 2.57 bits per heavy atom. The van der Waals surface area contributed by atoms with E-state index < -0.39 is 0 Å². The Balaban J connectivity index is 2.76. The molecular formula is C3H5N3Sn. The van der Waals surface area contributed by atoms with Gasteiger partial charge in [-0.15, -0.1) is 0 Å². The Hall–Kier alpha value is -0.0613. The molecule has 36 valence electrons. The predicted molar refractivity (Wildman–Crippen MR) is 27.0 cm³/mol. The van der Waals surface area contributed by atoms with E-state index in [-0.39, 0.29) is 21.4 Å². The number of hydrogen-bond acceptors (Lipinski definition) is 2. The van der Waals surface area contributed by atoms with Gasteiger partial charge in [-0.05, 0) is 0 Å². The Bertz CT molecular complexity index is 125. The molecule has 0 amide bonds. The Morgan fingerprint density at radius 3 is 2.86 bits per heavy atom. The first-order valence-electron chi connectivity index (χ1n) is 1.97. The van der Waals surface area contributed by atoms with Gasteiger partial charge in [-0.1, -0.05) is 0 Å². The van der Waals surface area contributed by atoms with Crippen molar-refractivity contribution in [3.05, 3.63) is 12.4 Å². The van der Waals surface area contributed by atoms with Crippen LogP contribution in [0.4, 0.5) is 0 Å². The molecule has 1 heterocycles. The zero-order chi connectivity index (χ0) is 5.11. The molecule has 1 aromatic rings. The van der Waals surface area contributed by atoms with Gasteiger partial charge in [-0.3, -0.25) is 0 Å². The fourth-order valence-electron chi connectivity index (χ4n) is 0.327. The molecule has 7 heavy (non-hydrogen) atoms. The zero-order valence-electron chi connectivity index (χ0n) is 4.00. The minimum atomic E-state index is -0.353. The van der Waals surface area contributed by atoms with Crippen LogP contribution >= 0.6 is 0 Å². The minimum absolute atomic E-state index is 0.353. The molecule has 0 atom stereocenters. The molecule has 0 N–H and O–H groups in total. The first kappa shape index (κ1) is 5.08. The van der Waals surface area contributed by atoms with E-state index in [9.17, 15) is 0 Å². The van der Waals surface area contributed by atoms with E-state index >= 15 is 0 Å². The molecule has 0 aromatic carbocycles. The molecule has 0 fully saturated rings. The summed E-state index contributed by atoms with van der Waals surface area (Å²) in [4.78, 5) is 2.19. The van der Waals surface area contributed by atoms with Crippen molar-refractivity contribution in [2.24, 2.45) is 0 Å². The maximum absolute atomic E-state index is 3.78. The molecule has 2 radical (unpaired) electrons. The zero-order valence-corrected chi connectivity index (χ0v) is 6.85. The van der Waals surface area contributed by atoms with E-state index in [0.29, 0.717) is 0 Å². The predicted octanol–water partition coefficient (Wildman–Crippen LogP) is -0.207. The summed E-state index contributed by atoms with van der Waals surface area (Å²) in [6.07, 6.45) is 3.62. The van der Waals surface area contributed by atoms with Gasteiger partial charge in [0.05, 0.1) is 0 Å². The summed E-state index contributed by atoms with van der Waals surface area (Å²) in [5.74, 6) is 0. The van der Waals surface area contributed by atoms with Crippen LogP contribution < -0.4 is 0 Å². The van der Waals surface area contributed by atoms with Crippen LogP contribution in [0, 0.1) is 0 Å². The quantitative estimate of drug-likeness (QED) is 0.590. The van der Waals surface area contributed by atoms with Crippen LogP contribution in [0.25, 0.3) is 0 Å². The van der Waals surface area contributed by atoms with Crippen molar-refractivity contribution in [2.45, 2.75) is 4.94 Å². The summed E-state index contributed by atoms with van der Waals surface area (Å²) >= 11 is -0.353. The molecule has 4 heteroatoms. The number of rotatable bonds is 1. The average Bonchev–Trinajstić information content (AvgIpc) is 2.14. The van der Waals surface area contributed by atoms with Gasteiger partial charge in [0.15, 0.2) is 0 Å². The van der Waals surface area contributed by atoms with Gasteiger partial charge in [0.25, 0.3) is 0 Å². The maximum atomic E-state index is 3.78. The van der Waals surface area contributed by atoms with Crippen molar-refractivity contribution in [1.29, 1.82) is 0 Å². The molecule has 0 saturated carbocycles. The van der Waals surface area contributed by atoms with Crippen molar-refractivity contribution < 1.29 is 0 Å². The van der Waals surface area contributed by atoms with Crippen LogP contribution in [0.15, 0.2) is 12.4 Å². The standard InChI is InChI=1S/C2H2N3.CH3.Sn/c1-2-4-5-3-1;;/h1-2H;1H3;/q-1;;+1. The summed E-state index contributed by atoms with van der Waals surface area (Å²) in [5, 5.41) is 7.43. The van der Waals surface area contributed by atoms with Crippen molar-refractivity contribution in [3.63, 3.8) is 0 Å². The van der Waals surface area contributed by atoms with Gasteiger partial charge in [0.2, 0.25) is 0 Å². The third-order valence-corrected chi connectivity index (χ3v) is 2.64. The molecule has 3 nitrogen and oxygen atoms in total. The molecular weight excluding hydrogens is 197 g/mol. The number of nitrogens with zero attached hydrogens (tertiary/aromatic N) is 3. The van der Waals surface area contributed by atoms with Crippen molar-refractivity contribution >= 4 is 21.4 Å².